The molecule has 2 N–H and O–H groups in total. The molecule has 6 rings (SSSR count). The SMILES string of the molecule is c1nc2[nH]cc(-c3nc(C4CCNCC4)cs3)c2cc1C1CCC(N2CCOCC2)CC1. The standard InChI is InChI=1S/C25H33N5OS/c1-3-20(30-9-11-31-12-10-30)4-2-17(1)19-13-21-22(15-28-24(21)27-14-19)25-29-23(16-32-25)18-5-7-26-8-6-18/h13-18,20,26H,1-12H2,(H,27,28). The Balaban J connectivity index is 1.19. The summed E-state index contributed by atoms with van der Waals surface area (Å²) in [6.45, 7) is 6.20. The zero-order chi connectivity index (χ0) is 21.3. The Labute approximate surface area is 193 Å². The van der Waals surface area contributed by atoms with Crippen molar-refractivity contribution in [2.45, 2.75) is 56.4 Å². The lowest BCUT2D eigenvalue weighted by atomic mass is 9.81. The molecule has 32 heavy (non-hydrogen) atoms. The summed E-state index contributed by atoms with van der Waals surface area (Å²) in [4.78, 5) is 15.9. The Bertz CT molecular complexity index is 1040. The number of rotatable bonds is 4. The minimum atomic E-state index is 0.599. The highest BCUT2D eigenvalue weighted by molar-refractivity contribution is 7.13. The van der Waals surface area contributed by atoms with E-state index in [2.05, 4.69) is 39.0 Å². The molecule has 0 aromatic carbocycles. The van der Waals surface area contributed by atoms with Crippen LogP contribution >= 0.6 is 11.3 Å². The van der Waals surface area contributed by atoms with Crippen LogP contribution < -0.4 is 5.32 Å². The van der Waals surface area contributed by atoms with Crippen LogP contribution in [0.25, 0.3) is 21.6 Å². The number of ether oxygens (including phenoxy) is 1. The van der Waals surface area contributed by atoms with Crippen molar-refractivity contribution >= 4 is 22.4 Å². The third-order valence-corrected chi connectivity index (χ3v) is 8.69. The first-order chi connectivity index (χ1) is 15.8. The van der Waals surface area contributed by atoms with E-state index >= 15 is 0 Å². The Morgan fingerprint density at radius 3 is 2.62 bits per heavy atom. The summed E-state index contributed by atoms with van der Waals surface area (Å²) in [6.07, 6.45) is 11.7. The molecular formula is C25H33N5OS. The maximum absolute atomic E-state index is 5.54. The van der Waals surface area contributed by atoms with E-state index in [1.165, 1.54) is 60.7 Å². The summed E-state index contributed by atoms with van der Waals surface area (Å²) < 4.78 is 5.54. The Morgan fingerprint density at radius 2 is 1.81 bits per heavy atom. The minimum Gasteiger partial charge on any atom is -0.379 e. The van der Waals surface area contributed by atoms with Crippen LogP contribution in [0.2, 0.25) is 0 Å². The zero-order valence-electron chi connectivity index (χ0n) is 18.7. The summed E-state index contributed by atoms with van der Waals surface area (Å²) in [5.74, 6) is 1.22. The van der Waals surface area contributed by atoms with Crippen molar-refractivity contribution in [3.8, 4) is 10.6 Å². The summed E-state index contributed by atoms with van der Waals surface area (Å²) in [6, 6.07) is 3.12. The molecule has 2 saturated heterocycles. The number of piperidine rings is 1. The number of aromatic amines is 1. The molecule has 170 valence electrons. The van der Waals surface area contributed by atoms with Crippen molar-refractivity contribution in [1.82, 2.24) is 25.2 Å². The van der Waals surface area contributed by atoms with Gasteiger partial charge in [0.2, 0.25) is 0 Å². The zero-order valence-corrected chi connectivity index (χ0v) is 19.5. The van der Waals surface area contributed by atoms with Gasteiger partial charge in [-0.2, -0.15) is 0 Å². The second-order valence-electron chi connectivity index (χ2n) is 9.62. The summed E-state index contributed by atoms with van der Waals surface area (Å²) in [7, 11) is 0. The van der Waals surface area contributed by atoms with Gasteiger partial charge in [0, 0.05) is 53.8 Å². The normalized spacial score (nSPS) is 26.0. The van der Waals surface area contributed by atoms with Gasteiger partial charge in [0.25, 0.3) is 0 Å². The van der Waals surface area contributed by atoms with Gasteiger partial charge in [-0.25, -0.2) is 9.97 Å². The first-order valence-electron chi connectivity index (χ1n) is 12.3. The predicted octanol–water partition coefficient (Wildman–Crippen LogP) is 4.51. The van der Waals surface area contributed by atoms with Gasteiger partial charge in [-0.1, -0.05) is 0 Å². The number of pyridine rings is 1. The minimum absolute atomic E-state index is 0.599. The molecule has 1 saturated carbocycles. The fourth-order valence-electron chi connectivity index (χ4n) is 5.85. The maximum atomic E-state index is 5.54. The van der Waals surface area contributed by atoms with E-state index in [9.17, 15) is 0 Å². The van der Waals surface area contributed by atoms with Crippen molar-refractivity contribution in [2.24, 2.45) is 0 Å². The molecule has 0 atom stereocenters. The van der Waals surface area contributed by atoms with Gasteiger partial charge in [-0.15, -0.1) is 11.3 Å². The van der Waals surface area contributed by atoms with Crippen molar-refractivity contribution in [3.63, 3.8) is 0 Å². The van der Waals surface area contributed by atoms with E-state index < -0.39 is 0 Å². The molecule has 5 heterocycles. The van der Waals surface area contributed by atoms with Crippen LogP contribution in [0.1, 0.15) is 61.6 Å². The highest BCUT2D eigenvalue weighted by atomic mass is 32.1. The number of hydrogen-bond donors (Lipinski definition) is 2. The molecule has 0 bridgehead atoms. The third-order valence-electron chi connectivity index (χ3n) is 7.79. The second-order valence-corrected chi connectivity index (χ2v) is 10.5. The molecule has 6 nitrogen and oxygen atoms in total. The molecule has 3 aromatic heterocycles. The molecule has 1 aliphatic carbocycles. The lowest BCUT2D eigenvalue weighted by Gasteiger charge is -2.38. The molecule has 0 spiro atoms. The molecule has 3 aliphatic rings. The van der Waals surface area contributed by atoms with Crippen LogP contribution in [-0.2, 0) is 4.74 Å². The maximum Gasteiger partial charge on any atom is 0.137 e. The number of fused-ring (bicyclic) bond motifs is 1. The van der Waals surface area contributed by atoms with Crippen LogP contribution in [0.15, 0.2) is 23.8 Å². The summed E-state index contributed by atoms with van der Waals surface area (Å²) in [5, 5.41) is 8.08. The lowest BCUT2D eigenvalue weighted by molar-refractivity contribution is 0.00729. The number of morpholine rings is 1. The van der Waals surface area contributed by atoms with Gasteiger partial charge in [0.05, 0.1) is 18.9 Å². The topological polar surface area (TPSA) is 66.1 Å². The molecule has 0 unspecified atom stereocenters. The lowest BCUT2D eigenvalue weighted by Crippen LogP contribution is -2.44. The molecule has 7 heteroatoms. The van der Waals surface area contributed by atoms with Crippen LogP contribution in [-0.4, -0.2) is 65.3 Å². The highest BCUT2D eigenvalue weighted by Crippen LogP contribution is 2.38. The quantitative estimate of drug-likeness (QED) is 0.611. The van der Waals surface area contributed by atoms with Crippen LogP contribution in [0.4, 0.5) is 0 Å². The van der Waals surface area contributed by atoms with E-state index in [1.54, 1.807) is 11.3 Å². The average molecular weight is 452 g/mol. The van der Waals surface area contributed by atoms with E-state index in [0.29, 0.717) is 11.8 Å². The van der Waals surface area contributed by atoms with Crippen molar-refractivity contribution in [3.05, 3.63) is 35.1 Å². The number of aromatic nitrogens is 3. The first kappa shape index (κ1) is 20.8. The molecular weight excluding hydrogens is 418 g/mol. The molecule has 3 fully saturated rings. The van der Waals surface area contributed by atoms with Gasteiger partial charge < -0.3 is 15.0 Å². The van der Waals surface area contributed by atoms with Gasteiger partial charge >= 0.3 is 0 Å². The van der Waals surface area contributed by atoms with Gasteiger partial charge in [0.1, 0.15) is 10.7 Å². The second kappa shape index (κ2) is 9.21. The smallest absolute Gasteiger partial charge is 0.137 e. The van der Waals surface area contributed by atoms with Gasteiger partial charge in [-0.05, 0) is 69.2 Å². The first-order valence-corrected chi connectivity index (χ1v) is 13.2. The number of nitrogens with one attached hydrogen (secondary N) is 2. The van der Waals surface area contributed by atoms with Crippen molar-refractivity contribution in [2.75, 3.05) is 39.4 Å². The van der Waals surface area contributed by atoms with Crippen molar-refractivity contribution in [1.29, 1.82) is 0 Å². The van der Waals surface area contributed by atoms with Crippen LogP contribution in [0.5, 0.6) is 0 Å². The van der Waals surface area contributed by atoms with E-state index in [-0.39, 0.29) is 0 Å². The third kappa shape index (κ3) is 4.12. The number of H-pyrrole nitrogens is 1. The molecule has 3 aromatic rings. The molecule has 2 aliphatic heterocycles. The van der Waals surface area contributed by atoms with Crippen LogP contribution in [0.3, 0.4) is 0 Å². The number of hydrogen-bond acceptors (Lipinski definition) is 6. The Hall–Kier alpha value is -1.80. The van der Waals surface area contributed by atoms with Crippen molar-refractivity contribution < 1.29 is 4.74 Å². The largest absolute Gasteiger partial charge is 0.379 e. The number of nitrogens with zero attached hydrogens (tertiary/aromatic N) is 3. The average Bonchev–Trinajstić information content (AvgIpc) is 3.52. The Kier molecular flexibility index (Phi) is 5.98. The van der Waals surface area contributed by atoms with Gasteiger partial charge in [0.15, 0.2) is 0 Å². The molecule has 0 radical (unpaired) electrons. The fourth-order valence-corrected chi connectivity index (χ4v) is 6.78. The number of thiazole rings is 1. The summed E-state index contributed by atoms with van der Waals surface area (Å²) in [5.41, 5.74) is 4.85. The monoisotopic (exact) mass is 451 g/mol. The van der Waals surface area contributed by atoms with Crippen LogP contribution in [0, 0.1) is 0 Å². The fraction of sp³-hybridized carbons (Fsp3) is 0.600. The highest BCUT2D eigenvalue weighted by Gasteiger charge is 2.28. The van der Waals surface area contributed by atoms with Gasteiger partial charge in [-0.3, -0.25) is 4.90 Å². The molecule has 0 amide bonds. The van der Waals surface area contributed by atoms with E-state index in [4.69, 9.17) is 14.7 Å². The van der Waals surface area contributed by atoms with E-state index in [0.717, 1.165) is 56.1 Å². The Morgan fingerprint density at radius 1 is 1.00 bits per heavy atom. The van der Waals surface area contributed by atoms with E-state index in [1.807, 2.05) is 0 Å². The predicted molar refractivity (Wildman–Crippen MR) is 129 cm³/mol. The summed E-state index contributed by atoms with van der Waals surface area (Å²) >= 11 is 1.78.